The highest BCUT2D eigenvalue weighted by molar-refractivity contribution is 14.1. The van der Waals surface area contributed by atoms with Crippen LogP contribution in [-0.2, 0) is 17.1 Å². The van der Waals surface area contributed by atoms with Crippen LogP contribution < -0.4 is 11.2 Å². The number of nitrogens with zero attached hydrogens (tertiary/aromatic N) is 3. The molecule has 1 aliphatic carbocycles. The Morgan fingerprint density at radius 3 is 2.37 bits per heavy atom. The summed E-state index contributed by atoms with van der Waals surface area (Å²) in [5.41, 5.74) is -2.85. The first-order valence-electron chi connectivity index (χ1n) is 7.87. The second kappa shape index (κ2) is 5.99. The number of hydrogen-bond acceptors (Lipinski definition) is 4. The second-order valence-electron chi connectivity index (χ2n) is 6.29. The Balaban J connectivity index is 2.23. The van der Waals surface area contributed by atoms with Crippen LogP contribution in [0.5, 0.6) is 0 Å². The van der Waals surface area contributed by atoms with Crippen LogP contribution in [0, 0.1) is 15.2 Å². The summed E-state index contributed by atoms with van der Waals surface area (Å²) in [5, 5.41) is -0.754. The van der Waals surface area contributed by atoms with E-state index < -0.39 is 38.2 Å². The van der Waals surface area contributed by atoms with E-state index in [-0.39, 0.29) is 16.9 Å². The Labute approximate surface area is 165 Å². The third-order valence-electron chi connectivity index (χ3n) is 4.47. The first-order valence-corrected chi connectivity index (χ1v) is 10.5. The smallest absolute Gasteiger partial charge is 0.293 e. The van der Waals surface area contributed by atoms with Crippen molar-refractivity contribution < 1.29 is 17.2 Å². The molecule has 0 radical (unpaired) electrons. The monoisotopic (exact) mass is 507 g/mol. The molecular weight excluding hydrogens is 495 g/mol. The Hall–Kier alpha value is -2.02. The number of halogens is 3. The molecule has 1 fully saturated rings. The molecule has 0 amide bonds. The van der Waals surface area contributed by atoms with E-state index in [4.69, 9.17) is 0 Å². The van der Waals surface area contributed by atoms with E-state index in [1.54, 1.807) is 0 Å². The van der Waals surface area contributed by atoms with Crippen LogP contribution in [0.25, 0.3) is 16.9 Å². The van der Waals surface area contributed by atoms with Gasteiger partial charge in [-0.2, -0.15) is 3.97 Å². The van der Waals surface area contributed by atoms with Crippen molar-refractivity contribution in [3.8, 4) is 5.69 Å². The number of imidazole rings is 1. The van der Waals surface area contributed by atoms with Crippen LogP contribution >= 0.6 is 22.6 Å². The molecule has 0 N–H and O–H groups in total. The fourth-order valence-corrected chi connectivity index (χ4v) is 5.20. The lowest BCUT2D eigenvalue weighted by Crippen LogP contribution is -2.31. The lowest BCUT2D eigenvalue weighted by Gasteiger charge is -2.08. The van der Waals surface area contributed by atoms with Crippen LogP contribution in [0.3, 0.4) is 0 Å². The van der Waals surface area contributed by atoms with Gasteiger partial charge in [-0.1, -0.05) is 0 Å². The fraction of sp³-hybridized carbons (Fsp3) is 0.250. The van der Waals surface area contributed by atoms with Gasteiger partial charge in [0, 0.05) is 16.7 Å². The van der Waals surface area contributed by atoms with Crippen molar-refractivity contribution in [2.45, 2.75) is 18.1 Å². The fourth-order valence-electron chi connectivity index (χ4n) is 3.01. The summed E-state index contributed by atoms with van der Waals surface area (Å²) in [5.74, 6) is -1.98. The van der Waals surface area contributed by atoms with E-state index in [0.29, 0.717) is 26.5 Å². The average molecular weight is 507 g/mol. The van der Waals surface area contributed by atoms with Crippen molar-refractivity contribution in [1.29, 1.82) is 0 Å². The van der Waals surface area contributed by atoms with Crippen molar-refractivity contribution in [2.24, 2.45) is 7.05 Å². The number of aromatic nitrogens is 3. The van der Waals surface area contributed by atoms with Crippen molar-refractivity contribution >= 4 is 43.8 Å². The van der Waals surface area contributed by atoms with Gasteiger partial charge in [0.05, 0.1) is 10.9 Å². The predicted octanol–water partition coefficient (Wildman–Crippen LogP) is 1.71. The van der Waals surface area contributed by atoms with Gasteiger partial charge in [0.2, 0.25) is 10.0 Å². The molecule has 142 valence electrons. The summed E-state index contributed by atoms with van der Waals surface area (Å²) in [7, 11) is -2.90. The lowest BCUT2D eigenvalue weighted by atomic mass is 10.3. The average Bonchev–Trinajstić information content (AvgIpc) is 3.39. The number of benzene rings is 1. The minimum Gasteiger partial charge on any atom is -0.293 e. The third-order valence-corrected chi connectivity index (χ3v) is 7.31. The number of pyridine rings is 1. The summed E-state index contributed by atoms with van der Waals surface area (Å²) in [6, 6.07) is 4.72. The summed E-state index contributed by atoms with van der Waals surface area (Å²) >= 11 is 1.89. The van der Waals surface area contributed by atoms with Gasteiger partial charge >= 0.3 is 5.69 Å². The molecule has 7 nitrogen and oxygen atoms in total. The predicted molar refractivity (Wildman–Crippen MR) is 103 cm³/mol. The van der Waals surface area contributed by atoms with Gasteiger partial charge in [-0.05, 0) is 53.6 Å². The van der Waals surface area contributed by atoms with Gasteiger partial charge in [0.15, 0.2) is 5.82 Å². The molecule has 0 saturated heterocycles. The molecule has 1 saturated carbocycles. The first-order chi connectivity index (χ1) is 12.6. The van der Waals surface area contributed by atoms with Crippen LogP contribution in [0.2, 0.25) is 0 Å². The molecule has 1 aliphatic rings. The normalized spacial score (nSPS) is 14.8. The zero-order chi connectivity index (χ0) is 19.7. The summed E-state index contributed by atoms with van der Waals surface area (Å²) in [6.07, 6.45) is 0.765. The van der Waals surface area contributed by atoms with Crippen LogP contribution in [0.15, 0.2) is 33.9 Å². The minimum absolute atomic E-state index is 0.198. The van der Waals surface area contributed by atoms with Crippen molar-refractivity contribution in [3.63, 3.8) is 0 Å². The van der Waals surface area contributed by atoms with Gasteiger partial charge in [-0.3, -0.25) is 9.36 Å². The molecule has 2 heterocycles. The van der Waals surface area contributed by atoms with Crippen LogP contribution in [0.4, 0.5) is 8.78 Å². The Morgan fingerprint density at radius 2 is 1.78 bits per heavy atom. The first kappa shape index (κ1) is 18.3. The summed E-state index contributed by atoms with van der Waals surface area (Å²) < 4.78 is 56.8. The number of aryl methyl sites for hydroxylation is 1. The quantitative estimate of drug-likeness (QED) is 0.506. The summed E-state index contributed by atoms with van der Waals surface area (Å²) in [4.78, 5) is 25.1. The Kier molecular flexibility index (Phi) is 4.07. The van der Waals surface area contributed by atoms with Gasteiger partial charge in [-0.25, -0.2) is 26.6 Å². The maximum Gasteiger partial charge on any atom is 0.348 e. The molecule has 27 heavy (non-hydrogen) atoms. The lowest BCUT2D eigenvalue weighted by molar-refractivity contribution is 0.583. The van der Waals surface area contributed by atoms with Crippen LogP contribution in [0.1, 0.15) is 12.8 Å². The Bertz CT molecular complexity index is 1340. The third kappa shape index (κ3) is 2.66. The summed E-state index contributed by atoms with van der Waals surface area (Å²) in [6.45, 7) is 0. The van der Waals surface area contributed by atoms with Crippen molar-refractivity contribution in [2.75, 3.05) is 0 Å². The standard InChI is InChI=1S/C16H12F2IN3O4S/c1-20-14-13(7-11(18)15(20)23)22(27(25,26)9-3-4-9)16(24)21(14)12-5-2-8(19)6-10(12)17/h2,5-7,9H,3-4H2,1H3. The molecule has 2 aromatic heterocycles. The molecule has 0 spiro atoms. The van der Waals surface area contributed by atoms with Crippen molar-refractivity contribution in [1.82, 2.24) is 13.1 Å². The SMILES string of the molecule is Cn1c(=O)c(F)cc2c1n(-c1ccc(I)cc1F)c(=O)n2S(=O)(=O)C1CC1. The van der Waals surface area contributed by atoms with E-state index in [0.717, 1.165) is 9.13 Å². The van der Waals surface area contributed by atoms with E-state index in [1.807, 2.05) is 22.6 Å². The molecule has 0 atom stereocenters. The second-order valence-corrected chi connectivity index (χ2v) is 9.60. The van der Waals surface area contributed by atoms with Gasteiger partial charge in [0.1, 0.15) is 17.0 Å². The maximum atomic E-state index is 14.5. The van der Waals surface area contributed by atoms with E-state index in [2.05, 4.69) is 0 Å². The molecule has 11 heteroatoms. The van der Waals surface area contributed by atoms with Crippen molar-refractivity contribution in [3.05, 3.63) is 60.3 Å². The molecule has 0 aliphatic heterocycles. The number of rotatable bonds is 3. The van der Waals surface area contributed by atoms with Gasteiger partial charge < -0.3 is 0 Å². The highest BCUT2D eigenvalue weighted by atomic mass is 127. The molecule has 1 aromatic carbocycles. The maximum absolute atomic E-state index is 14.5. The molecule has 4 rings (SSSR count). The highest BCUT2D eigenvalue weighted by Crippen LogP contribution is 2.31. The zero-order valence-corrected chi connectivity index (χ0v) is 16.8. The van der Waals surface area contributed by atoms with E-state index in [1.165, 1.54) is 25.2 Å². The number of hydrogen-bond donors (Lipinski definition) is 0. The Morgan fingerprint density at radius 1 is 1.11 bits per heavy atom. The zero-order valence-electron chi connectivity index (χ0n) is 13.8. The topological polar surface area (TPSA) is 83.1 Å². The highest BCUT2D eigenvalue weighted by Gasteiger charge is 2.40. The van der Waals surface area contributed by atoms with Crippen LogP contribution in [-0.4, -0.2) is 26.8 Å². The van der Waals surface area contributed by atoms with E-state index in [9.17, 15) is 26.8 Å². The number of fused-ring (bicyclic) bond motifs is 1. The molecule has 3 aromatic rings. The minimum atomic E-state index is -4.10. The van der Waals surface area contributed by atoms with Gasteiger partial charge in [0.25, 0.3) is 5.56 Å². The largest absolute Gasteiger partial charge is 0.348 e. The molecular formula is C16H12F2IN3O4S. The molecule has 0 bridgehead atoms. The molecule has 0 unspecified atom stereocenters. The van der Waals surface area contributed by atoms with E-state index >= 15 is 0 Å². The van der Waals surface area contributed by atoms with Gasteiger partial charge in [-0.15, -0.1) is 0 Å².